The molecule has 0 atom stereocenters. The second-order valence-electron chi connectivity index (χ2n) is 9.83. The van der Waals surface area contributed by atoms with Crippen molar-refractivity contribution in [2.24, 2.45) is 13.0 Å². The highest BCUT2D eigenvalue weighted by molar-refractivity contribution is 6.31. The Balaban J connectivity index is 1.66. The smallest absolute Gasteiger partial charge is 0.322 e. The number of pyridine rings is 1. The second kappa shape index (κ2) is 12.1. The number of amides is 1. The first-order valence-electron chi connectivity index (χ1n) is 12.5. The molecule has 12 heteroatoms. The molecule has 0 bridgehead atoms. The van der Waals surface area contributed by atoms with Crippen molar-refractivity contribution in [1.82, 2.24) is 24.6 Å². The quantitative estimate of drug-likeness (QED) is 0.275. The summed E-state index contributed by atoms with van der Waals surface area (Å²) in [4.78, 5) is 26.1. The van der Waals surface area contributed by atoms with Crippen molar-refractivity contribution >= 4 is 23.2 Å². The van der Waals surface area contributed by atoms with Gasteiger partial charge in [0, 0.05) is 36.1 Å². The minimum atomic E-state index is -4.63. The molecule has 0 unspecified atom stereocenters. The van der Waals surface area contributed by atoms with Gasteiger partial charge in [-0.3, -0.25) is 9.59 Å². The Morgan fingerprint density at radius 2 is 1.88 bits per heavy atom. The number of hydrogen-bond acceptors (Lipinski definition) is 5. The first kappa shape index (κ1) is 29.0. The molecule has 0 radical (unpaired) electrons. The van der Waals surface area contributed by atoms with Crippen LogP contribution in [-0.2, 0) is 20.1 Å². The number of benzene rings is 2. The van der Waals surface area contributed by atoms with Gasteiger partial charge >= 0.3 is 6.18 Å². The van der Waals surface area contributed by atoms with Gasteiger partial charge in [-0.25, -0.2) is 0 Å². The number of aryl methyl sites for hydroxylation is 1. The van der Waals surface area contributed by atoms with E-state index < -0.39 is 24.2 Å². The number of carbonyl (C=O) groups is 1. The standard InChI is InChI=1S/C28H28ClF3N6O2/c1-17(2)12-33-13-18-9-24(27(40)38(14-18)15-28(30,31)32)26(39)35-21-6-4-5-19(10-21)22-8-7-20(29)11-23(22)25-36-34-16-37(25)3/h4-11,14,16-17,33H,12-13,15H2,1-3H3,(H,35,39). The van der Waals surface area contributed by atoms with Crippen molar-refractivity contribution < 1.29 is 18.0 Å². The van der Waals surface area contributed by atoms with Gasteiger partial charge in [0.1, 0.15) is 18.4 Å². The zero-order chi connectivity index (χ0) is 29.0. The van der Waals surface area contributed by atoms with Gasteiger partial charge in [-0.2, -0.15) is 13.2 Å². The Bertz CT molecular complexity index is 1580. The highest BCUT2D eigenvalue weighted by atomic mass is 35.5. The molecule has 8 nitrogen and oxygen atoms in total. The normalized spacial score (nSPS) is 11.7. The lowest BCUT2D eigenvalue weighted by atomic mass is 9.98. The monoisotopic (exact) mass is 572 g/mol. The Morgan fingerprint density at radius 1 is 1.10 bits per heavy atom. The van der Waals surface area contributed by atoms with Crippen LogP contribution in [0.5, 0.6) is 0 Å². The van der Waals surface area contributed by atoms with E-state index in [0.717, 1.165) is 11.8 Å². The third-order valence-electron chi connectivity index (χ3n) is 5.98. The summed E-state index contributed by atoms with van der Waals surface area (Å²) >= 11 is 6.25. The maximum Gasteiger partial charge on any atom is 0.406 e. The van der Waals surface area contributed by atoms with Crippen LogP contribution in [0.15, 0.2) is 65.8 Å². The van der Waals surface area contributed by atoms with Crippen LogP contribution >= 0.6 is 11.6 Å². The Labute approximate surface area is 233 Å². The van der Waals surface area contributed by atoms with E-state index in [9.17, 15) is 22.8 Å². The molecule has 2 aromatic carbocycles. The maximum absolute atomic E-state index is 13.2. The summed E-state index contributed by atoms with van der Waals surface area (Å²) in [5, 5.41) is 14.4. The fourth-order valence-electron chi connectivity index (χ4n) is 4.22. The molecule has 210 valence electrons. The molecule has 0 aliphatic carbocycles. The minimum absolute atomic E-state index is 0.202. The van der Waals surface area contributed by atoms with Crippen molar-refractivity contribution in [2.45, 2.75) is 33.1 Å². The average molecular weight is 573 g/mol. The van der Waals surface area contributed by atoms with Crippen LogP contribution in [0.1, 0.15) is 29.8 Å². The predicted molar refractivity (Wildman–Crippen MR) is 148 cm³/mol. The zero-order valence-electron chi connectivity index (χ0n) is 22.1. The Morgan fingerprint density at radius 3 is 2.55 bits per heavy atom. The van der Waals surface area contributed by atoms with Crippen LogP contribution in [-0.4, -0.2) is 38.0 Å². The number of anilines is 1. The molecule has 2 heterocycles. The molecule has 2 N–H and O–H groups in total. The number of nitrogens with one attached hydrogen (secondary N) is 2. The molecule has 40 heavy (non-hydrogen) atoms. The summed E-state index contributed by atoms with van der Waals surface area (Å²) in [6.07, 6.45) is -1.93. The van der Waals surface area contributed by atoms with E-state index in [-0.39, 0.29) is 12.1 Å². The molecule has 0 saturated heterocycles. The highest BCUT2D eigenvalue weighted by Crippen LogP contribution is 2.34. The number of hydrogen-bond donors (Lipinski definition) is 2. The number of halogens is 4. The molecular weight excluding hydrogens is 545 g/mol. The van der Waals surface area contributed by atoms with E-state index in [2.05, 4.69) is 20.8 Å². The topological polar surface area (TPSA) is 93.8 Å². The van der Waals surface area contributed by atoms with Crippen molar-refractivity contribution in [3.05, 3.63) is 87.6 Å². The first-order chi connectivity index (χ1) is 18.9. The third kappa shape index (κ3) is 7.16. The van der Waals surface area contributed by atoms with E-state index >= 15 is 0 Å². The van der Waals surface area contributed by atoms with E-state index in [1.54, 1.807) is 48.3 Å². The van der Waals surface area contributed by atoms with Crippen LogP contribution < -0.4 is 16.2 Å². The van der Waals surface area contributed by atoms with Gasteiger partial charge in [-0.05, 0) is 59.5 Å². The molecule has 0 spiro atoms. The average Bonchev–Trinajstić information content (AvgIpc) is 3.30. The predicted octanol–water partition coefficient (Wildman–Crippen LogP) is 5.52. The fourth-order valence-corrected chi connectivity index (χ4v) is 4.39. The minimum Gasteiger partial charge on any atom is -0.322 e. The number of nitrogens with zero attached hydrogens (tertiary/aromatic N) is 4. The maximum atomic E-state index is 13.2. The van der Waals surface area contributed by atoms with Gasteiger partial charge in [0.25, 0.3) is 11.5 Å². The van der Waals surface area contributed by atoms with Crippen LogP contribution in [0.25, 0.3) is 22.5 Å². The van der Waals surface area contributed by atoms with Gasteiger partial charge in [0.2, 0.25) is 0 Å². The summed E-state index contributed by atoms with van der Waals surface area (Å²) in [6.45, 7) is 3.30. The fraction of sp³-hybridized carbons (Fsp3) is 0.286. The van der Waals surface area contributed by atoms with Crippen LogP contribution in [0.3, 0.4) is 0 Å². The number of rotatable bonds is 9. The summed E-state index contributed by atoms with van der Waals surface area (Å²) in [5.41, 5.74) is 1.53. The number of carbonyl (C=O) groups excluding carboxylic acids is 1. The summed E-state index contributed by atoms with van der Waals surface area (Å²) in [7, 11) is 1.80. The lowest BCUT2D eigenvalue weighted by Crippen LogP contribution is -2.34. The SMILES string of the molecule is CC(C)CNCc1cc(C(=O)Nc2cccc(-c3ccc(Cl)cc3-c3nncn3C)c2)c(=O)n(CC(F)(F)F)c1. The Kier molecular flexibility index (Phi) is 8.75. The van der Waals surface area contributed by atoms with E-state index in [1.807, 2.05) is 26.0 Å². The molecule has 2 aromatic heterocycles. The van der Waals surface area contributed by atoms with Gasteiger partial charge in [-0.15, -0.1) is 10.2 Å². The highest BCUT2D eigenvalue weighted by Gasteiger charge is 2.29. The largest absolute Gasteiger partial charge is 0.406 e. The molecule has 0 aliphatic heterocycles. The van der Waals surface area contributed by atoms with E-state index in [0.29, 0.717) is 50.3 Å². The van der Waals surface area contributed by atoms with Crippen LogP contribution in [0.4, 0.5) is 18.9 Å². The van der Waals surface area contributed by atoms with Gasteiger partial charge in [-0.1, -0.05) is 43.6 Å². The first-order valence-corrected chi connectivity index (χ1v) is 12.9. The molecule has 0 fully saturated rings. The van der Waals surface area contributed by atoms with Gasteiger partial charge < -0.3 is 19.8 Å². The molecule has 0 aliphatic rings. The molecule has 0 saturated carbocycles. The molecule has 4 rings (SSSR count). The van der Waals surface area contributed by atoms with Gasteiger partial charge in [0.05, 0.1) is 0 Å². The summed E-state index contributed by atoms with van der Waals surface area (Å²) in [5.74, 6) is 0.0828. The molecular formula is C28H28ClF3N6O2. The lowest BCUT2D eigenvalue weighted by Gasteiger charge is -2.15. The summed E-state index contributed by atoms with van der Waals surface area (Å²) < 4.78 is 41.8. The second-order valence-corrected chi connectivity index (χ2v) is 10.3. The van der Waals surface area contributed by atoms with Crippen molar-refractivity contribution in [2.75, 3.05) is 11.9 Å². The van der Waals surface area contributed by atoms with Crippen LogP contribution in [0.2, 0.25) is 5.02 Å². The van der Waals surface area contributed by atoms with E-state index in [1.165, 1.54) is 6.07 Å². The van der Waals surface area contributed by atoms with Crippen LogP contribution in [0, 0.1) is 5.92 Å². The van der Waals surface area contributed by atoms with Crippen molar-refractivity contribution in [3.63, 3.8) is 0 Å². The van der Waals surface area contributed by atoms with E-state index in [4.69, 9.17) is 11.6 Å². The van der Waals surface area contributed by atoms with Crippen molar-refractivity contribution in [1.29, 1.82) is 0 Å². The Hall–Kier alpha value is -3.96. The lowest BCUT2D eigenvalue weighted by molar-refractivity contribution is -0.141. The van der Waals surface area contributed by atoms with Crippen molar-refractivity contribution in [3.8, 4) is 22.5 Å². The third-order valence-corrected chi connectivity index (χ3v) is 6.22. The number of alkyl halides is 3. The number of aromatic nitrogens is 4. The molecule has 4 aromatic rings. The zero-order valence-corrected chi connectivity index (χ0v) is 22.8. The molecule has 1 amide bonds. The van der Waals surface area contributed by atoms with Gasteiger partial charge in [0.15, 0.2) is 5.82 Å². The summed E-state index contributed by atoms with van der Waals surface area (Å²) in [6, 6.07) is 13.5.